The topological polar surface area (TPSA) is 69.6 Å². The highest BCUT2D eigenvalue weighted by Crippen LogP contribution is 2.15. The molecule has 4 nitrogen and oxygen atoms in total. The van der Waals surface area contributed by atoms with Gasteiger partial charge in [0.25, 0.3) is 0 Å². The summed E-state index contributed by atoms with van der Waals surface area (Å²) in [5, 5.41) is 22.6. The van der Waals surface area contributed by atoms with Crippen molar-refractivity contribution in [1.82, 2.24) is 5.32 Å². The molecule has 4 heteroatoms. The van der Waals surface area contributed by atoms with Crippen LogP contribution >= 0.6 is 0 Å². The highest BCUT2D eigenvalue weighted by Gasteiger charge is 2.14. The van der Waals surface area contributed by atoms with Crippen molar-refractivity contribution in [1.29, 1.82) is 0 Å². The number of carbonyl (C=O) groups excluding carboxylic acids is 1. The van der Waals surface area contributed by atoms with Crippen molar-refractivity contribution < 1.29 is 15.0 Å². The van der Waals surface area contributed by atoms with E-state index in [0.29, 0.717) is 12.8 Å². The molecule has 0 aliphatic carbocycles. The number of amides is 1. The largest absolute Gasteiger partial charge is 0.514 e. The second-order valence-corrected chi connectivity index (χ2v) is 11.7. The zero-order chi connectivity index (χ0) is 29.4. The average Bonchev–Trinajstić information content (AvgIpc) is 2.96. The predicted octanol–water partition coefficient (Wildman–Crippen LogP) is 11.2. The van der Waals surface area contributed by atoms with Crippen molar-refractivity contribution in [3.63, 3.8) is 0 Å². The first-order valence-corrected chi connectivity index (χ1v) is 17.3. The number of hydrogen-bond donors (Lipinski definition) is 3. The molecule has 0 saturated heterocycles. The molecule has 0 fully saturated rings. The lowest BCUT2D eigenvalue weighted by molar-refractivity contribution is -0.120. The molecule has 0 heterocycles. The van der Waals surface area contributed by atoms with E-state index < -0.39 is 6.10 Å². The predicted molar refractivity (Wildman–Crippen MR) is 175 cm³/mol. The van der Waals surface area contributed by atoms with Gasteiger partial charge in [-0.15, -0.1) is 0 Å². The minimum absolute atomic E-state index is 0.115. The molecule has 0 aliphatic rings. The average molecular weight is 562 g/mol. The summed E-state index contributed by atoms with van der Waals surface area (Å²) < 4.78 is 0. The Bertz CT molecular complexity index is 626. The Labute approximate surface area is 249 Å². The van der Waals surface area contributed by atoms with Gasteiger partial charge >= 0.3 is 0 Å². The van der Waals surface area contributed by atoms with E-state index in [1.807, 2.05) is 0 Å². The molecule has 1 unspecified atom stereocenters. The fraction of sp³-hybridized carbons (Fsp3) is 0.806. The quantitative estimate of drug-likeness (QED) is 0.0464. The summed E-state index contributed by atoms with van der Waals surface area (Å²) in [6.07, 6.45) is 39.7. The molecular weight excluding hydrogens is 494 g/mol. The van der Waals surface area contributed by atoms with E-state index in [2.05, 4.69) is 43.5 Å². The SMILES string of the molecule is CCCCC/C=C\C/C=C\CCCCCCCC(=O)N/C(=C\O)C(O)CCCCCCCCCCCCCCC. The Kier molecular flexibility index (Phi) is 30.7. The van der Waals surface area contributed by atoms with Crippen molar-refractivity contribution in [2.75, 3.05) is 0 Å². The first-order chi connectivity index (χ1) is 19.7. The molecule has 1 amide bonds. The zero-order valence-electron chi connectivity index (χ0n) is 26.7. The molecule has 0 aromatic heterocycles. The van der Waals surface area contributed by atoms with Gasteiger partial charge in [0.2, 0.25) is 5.91 Å². The summed E-state index contributed by atoms with van der Waals surface area (Å²) in [6.45, 7) is 4.50. The highest BCUT2D eigenvalue weighted by molar-refractivity contribution is 5.77. The number of hydrogen-bond acceptors (Lipinski definition) is 3. The number of nitrogens with one attached hydrogen (secondary N) is 1. The van der Waals surface area contributed by atoms with Crippen molar-refractivity contribution >= 4 is 5.91 Å². The number of allylic oxidation sites excluding steroid dienone is 4. The molecule has 0 aromatic carbocycles. The highest BCUT2D eigenvalue weighted by atomic mass is 16.3. The van der Waals surface area contributed by atoms with Gasteiger partial charge in [0.05, 0.1) is 11.8 Å². The molecule has 0 spiro atoms. The van der Waals surface area contributed by atoms with Gasteiger partial charge < -0.3 is 15.5 Å². The van der Waals surface area contributed by atoms with Gasteiger partial charge in [-0.2, -0.15) is 0 Å². The van der Waals surface area contributed by atoms with Crippen molar-refractivity contribution in [3.8, 4) is 0 Å². The maximum Gasteiger partial charge on any atom is 0.224 e. The monoisotopic (exact) mass is 562 g/mol. The van der Waals surface area contributed by atoms with Crippen LogP contribution in [0.5, 0.6) is 0 Å². The van der Waals surface area contributed by atoms with Crippen molar-refractivity contribution in [2.24, 2.45) is 0 Å². The molecule has 1 atom stereocenters. The van der Waals surface area contributed by atoms with E-state index in [1.54, 1.807) is 0 Å². The fourth-order valence-corrected chi connectivity index (χ4v) is 5.03. The normalized spacial score (nSPS) is 13.0. The number of aliphatic hydroxyl groups excluding tert-OH is 2. The van der Waals surface area contributed by atoms with Gasteiger partial charge in [0.15, 0.2) is 0 Å². The van der Waals surface area contributed by atoms with Crippen LogP contribution in [-0.4, -0.2) is 22.2 Å². The Balaban J connectivity index is 3.63. The summed E-state index contributed by atoms with van der Waals surface area (Å²) in [6, 6.07) is 0. The van der Waals surface area contributed by atoms with E-state index in [9.17, 15) is 15.0 Å². The molecule has 0 aliphatic heterocycles. The third kappa shape index (κ3) is 28.0. The summed E-state index contributed by atoms with van der Waals surface area (Å²) in [5.41, 5.74) is 0.242. The van der Waals surface area contributed by atoms with Crippen LogP contribution in [0, 0.1) is 0 Å². The van der Waals surface area contributed by atoms with Crippen LogP contribution in [0.15, 0.2) is 36.3 Å². The van der Waals surface area contributed by atoms with Gasteiger partial charge in [-0.1, -0.05) is 154 Å². The van der Waals surface area contributed by atoms with Crippen LogP contribution in [-0.2, 0) is 4.79 Å². The second kappa shape index (κ2) is 32.0. The molecule has 0 bridgehead atoms. The first-order valence-electron chi connectivity index (χ1n) is 17.3. The van der Waals surface area contributed by atoms with E-state index >= 15 is 0 Å². The lowest BCUT2D eigenvalue weighted by atomic mass is 10.0. The third-order valence-electron chi connectivity index (χ3n) is 7.72. The molecule has 234 valence electrons. The molecule has 3 N–H and O–H groups in total. The maximum atomic E-state index is 12.3. The van der Waals surface area contributed by atoms with Crippen LogP contribution < -0.4 is 5.32 Å². The summed E-state index contributed by atoms with van der Waals surface area (Å²) >= 11 is 0. The zero-order valence-corrected chi connectivity index (χ0v) is 26.7. The fourth-order valence-electron chi connectivity index (χ4n) is 5.03. The van der Waals surface area contributed by atoms with Crippen LogP contribution in [0.3, 0.4) is 0 Å². The summed E-state index contributed by atoms with van der Waals surface area (Å²) in [7, 11) is 0. The Morgan fingerprint density at radius 2 is 1.02 bits per heavy atom. The number of unbranched alkanes of at least 4 members (excludes halogenated alkanes) is 20. The van der Waals surface area contributed by atoms with Gasteiger partial charge in [-0.3, -0.25) is 4.79 Å². The van der Waals surface area contributed by atoms with Gasteiger partial charge in [0.1, 0.15) is 6.26 Å². The van der Waals surface area contributed by atoms with E-state index in [4.69, 9.17) is 0 Å². The van der Waals surface area contributed by atoms with Gasteiger partial charge in [-0.05, 0) is 44.9 Å². The van der Waals surface area contributed by atoms with Crippen LogP contribution in [0.4, 0.5) is 0 Å². The minimum atomic E-state index is -0.800. The van der Waals surface area contributed by atoms with Gasteiger partial charge in [0, 0.05) is 6.42 Å². The molecular formula is C36H67NO3. The number of rotatable bonds is 30. The Hall–Kier alpha value is -1.55. The van der Waals surface area contributed by atoms with Crippen LogP contribution in [0.2, 0.25) is 0 Å². The Morgan fingerprint density at radius 1 is 0.600 bits per heavy atom. The standard InChI is InChI=1S/C36H67NO3/c1-3-5-7-9-11-13-15-17-18-20-22-24-26-28-30-32-36(40)37-34(33-38)35(39)31-29-27-25-23-21-19-16-14-12-10-8-6-4-2/h11,13,17-18,33,35,38-39H,3-10,12,14-16,19-32H2,1-2H3,(H,37,40)/b13-11-,18-17-,34-33-. The second-order valence-electron chi connectivity index (χ2n) is 11.7. The molecule has 0 saturated carbocycles. The van der Waals surface area contributed by atoms with Crippen molar-refractivity contribution in [3.05, 3.63) is 36.3 Å². The van der Waals surface area contributed by atoms with E-state index in [1.165, 1.54) is 109 Å². The van der Waals surface area contributed by atoms with Crippen molar-refractivity contribution in [2.45, 2.75) is 187 Å². The van der Waals surface area contributed by atoms with E-state index in [0.717, 1.165) is 51.2 Å². The molecule has 0 aromatic rings. The molecule has 40 heavy (non-hydrogen) atoms. The lowest BCUT2D eigenvalue weighted by Gasteiger charge is -2.15. The van der Waals surface area contributed by atoms with Crippen LogP contribution in [0.1, 0.15) is 181 Å². The lowest BCUT2D eigenvalue weighted by Crippen LogP contribution is -2.29. The smallest absolute Gasteiger partial charge is 0.224 e. The molecule has 0 rings (SSSR count). The number of aliphatic hydroxyl groups is 2. The summed E-state index contributed by atoms with van der Waals surface area (Å²) in [4.78, 5) is 12.3. The molecule has 0 radical (unpaired) electrons. The Morgan fingerprint density at radius 3 is 1.55 bits per heavy atom. The number of carbonyl (C=O) groups is 1. The third-order valence-corrected chi connectivity index (χ3v) is 7.72. The van der Waals surface area contributed by atoms with E-state index in [-0.39, 0.29) is 11.6 Å². The maximum absolute atomic E-state index is 12.3. The minimum Gasteiger partial charge on any atom is -0.514 e. The van der Waals surface area contributed by atoms with Gasteiger partial charge in [-0.25, -0.2) is 0 Å². The summed E-state index contributed by atoms with van der Waals surface area (Å²) in [5.74, 6) is -0.115. The van der Waals surface area contributed by atoms with Crippen LogP contribution in [0.25, 0.3) is 0 Å². The first kappa shape index (κ1) is 38.5.